The predicted molar refractivity (Wildman–Crippen MR) is 39.6 cm³/mol. The van der Waals surface area contributed by atoms with Crippen molar-refractivity contribution in [2.24, 2.45) is 0 Å². The van der Waals surface area contributed by atoms with Gasteiger partial charge in [-0.3, -0.25) is 0 Å². The van der Waals surface area contributed by atoms with Crippen molar-refractivity contribution in [1.82, 2.24) is 9.97 Å². The summed E-state index contributed by atoms with van der Waals surface area (Å²) in [7, 11) is 0. The van der Waals surface area contributed by atoms with Crippen molar-refractivity contribution in [2.45, 2.75) is 26.2 Å². The fourth-order valence-electron chi connectivity index (χ4n) is 0.651. The number of hydrogen-bond donors (Lipinski definition) is 0. The normalized spacial score (nSPS) is 10.5. The Morgan fingerprint density at radius 2 is 1.64 bits per heavy atom. The molecular formula is C8H11N2Rb. The summed E-state index contributed by atoms with van der Waals surface area (Å²) >= 11 is 0. The Bertz CT molecular complexity index is 203. The van der Waals surface area contributed by atoms with Crippen LogP contribution >= 0.6 is 0 Å². The van der Waals surface area contributed by atoms with Crippen molar-refractivity contribution in [1.29, 1.82) is 0 Å². The zero-order chi connectivity index (χ0) is 7.61. The molecule has 0 aliphatic carbocycles. The topological polar surface area (TPSA) is 25.8 Å². The van der Waals surface area contributed by atoms with Gasteiger partial charge in [-0.1, -0.05) is 33.2 Å². The molecule has 0 spiro atoms. The molecule has 1 aromatic rings. The zero-order valence-electron chi connectivity index (χ0n) is 7.55. The molecule has 54 valence electrons. The van der Waals surface area contributed by atoms with E-state index in [2.05, 4.69) is 37.1 Å². The van der Waals surface area contributed by atoms with Crippen molar-refractivity contribution < 1.29 is 58.2 Å². The van der Waals surface area contributed by atoms with E-state index < -0.39 is 0 Å². The Hall–Kier alpha value is 0.885. The van der Waals surface area contributed by atoms with Crippen LogP contribution in [0.2, 0.25) is 0 Å². The van der Waals surface area contributed by atoms with E-state index in [0.717, 1.165) is 5.56 Å². The van der Waals surface area contributed by atoms with Crippen molar-refractivity contribution in [2.75, 3.05) is 0 Å². The van der Waals surface area contributed by atoms with Gasteiger partial charge in [0.1, 0.15) is 0 Å². The summed E-state index contributed by atoms with van der Waals surface area (Å²) in [4.78, 5) is 7.63. The van der Waals surface area contributed by atoms with E-state index >= 15 is 0 Å². The van der Waals surface area contributed by atoms with Gasteiger partial charge >= 0.3 is 58.2 Å². The molecule has 0 atom stereocenters. The number of hydrogen-bond acceptors (Lipinski definition) is 2. The first-order valence-corrected chi connectivity index (χ1v) is 3.29. The van der Waals surface area contributed by atoms with Gasteiger partial charge in [-0.25, -0.2) is 0 Å². The second-order valence-corrected chi connectivity index (χ2v) is 3.32. The van der Waals surface area contributed by atoms with Crippen LogP contribution in [0, 0.1) is 6.33 Å². The van der Waals surface area contributed by atoms with Gasteiger partial charge in [-0.15, -0.1) is 5.56 Å². The van der Waals surface area contributed by atoms with Crippen LogP contribution in [-0.2, 0) is 5.41 Å². The molecule has 0 aromatic carbocycles. The SMILES string of the molecule is CC(C)(C)c1cn[c-]nc1.[Rb+]. The molecule has 0 radical (unpaired) electrons. The van der Waals surface area contributed by atoms with Crippen LogP contribution in [-0.4, -0.2) is 9.97 Å². The van der Waals surface area contributed by atoms with Crippen LogP contribution in [0.5, 0.6) is 0 Å². The molecule has 0 bridgehead atoms. The van der Waals surface area contributed by atoms with Crippen molar-refractivity contribution >= 4 is 0 Å². The minimum atomic E-state index is 0. The second-order valence-electron chi connectivity index (χ2n) is 3.32. The Kier molecular flexibility index (Phi) is 5.19. The van der Waals surface area contributed by atoms with Crippen molar-refractivity contribution in [3.8, 4) is 0 Å². The molecule has 0 aliphatic heterocycles. The van der Waals surface area contributed by atoms with Gasteiger partial charge in [0, 0.05) is 6.33 Å². The van der Waals surface area contributed by atoms with Gasteiger partial charge < -0.3 is 9.97 Å². The summed E-state index contributed by atoms with van der Waals surface area (Å²) in [5.41, 5.74) is 1.29. The third-order valence-electron chi connectivity index (χ3n) is 1.39. The van der Waals surface area contributed by atoms with E-state index in [0.29, 0.717) is 0 Å². The van der Waals surface area contributed by atoms with Crippen LogP contribution in [0.1, 0.15) is 26.3 Å². The molecule has 2 nitrogen and oxygen atoms in total. The summed E-state index contributed by atoms with van der Waals surface area (Å²) in [6.45, 7) is 6.39. The fourth-order valence-corrected chi connectivity index (χ4v) is 0.651. The van der Waals surface area contributed by atoms with Crippen LogP contribution in [0.15, 0.2) is 12.4 Å². The van der Waals surface area contributed by atoms with Gasteiger partial charge in [0.2, 0.25) is 0 Å². The summed E-state index contributed by atoms with van der Waals surface area (Å²) < 4.78 is 0. The molecule has 1 heterocycles. The average molecular weight is 221 g/mol. The molecular weight excluding hydrogens is 210 g/mol. The number of rotatable bonds is 0. The third kappa shape index (κ3) is 3.88. The minimum Gasteiger partial charge on any atom is -0.374 e. The Balaban J connectivity index is 0.000001000. The number of nitrogens with zero attached hydrogens (tertiary/aromatic N) is 2. The van der Waals surface area contributed by atoms with Crippen molar-refractivity contribution in [3.05, 3.63) is 24.3 Å². The smallest absolute Gasteiger partial charge is 0.374 e. The number of aromatic nitrogens is 2. The molecule has 1 aromatic heterocycles. The van der Waals surface area contributed by atoms with Gasteiger partial charge in [0.25, 0.3) is 0 Å². The Labute approximate surface area is 117 Å². The quantitative estimate of drug-likeness (QED) is 0.502. The maximum absolute atomic E-state index is 3.82. The molecule has 0 saturated carbocycles. The van der Waals surface area contributed by atoms with E-state index in [1.54, 1.807) is 12.4 Å². The van der Waals surface area contributed by atoms with Crippen LogP contribution in [0.3, 0.4) is 0 Å². The molecule has 0 unspecified atom stereocenters. The zero-order valence-corrected chi connectivity index (χ0v) is 12.5. The second kappa shape index (κ2) is 4.80. The van der Waals surface area contributed by atoms with Crippen LogP contribution < -0.4 is 58.2 Å². The van der Waals surface area contributed by atoms with Gasteiger partial charge in [-0.05, 0) is 5.41 Å². The molecule has 3 heteroatoms. The first kappa shape index (κ1) is 11.9. The first-order chi connectivity index (χ1) is 4.61. The van der Waals surface area contributed by atoms with Crippen LogP contribution in [0.4, 0.5) is 0 Å². The molecule has 0 amide bonds. The molecule has 11 heavy (non-hydrogen) atoms. The van der Waals surface area contributed by atoms with Gasteiger partial charge in [0.15, 0.2) is 0 Å². The van der Waals surface area contributed by atoms with Crippen LogP contribution in [0.25, 0.3) is 0 Å². The van der Waals surface area contributed by atoms with E-state index in [-0.39, 0.29) is 63.6 Å². The maximum Gasteiger partial charge on any atom is 1.00 e. The molecule has 1 rings (SSSR count). The standard InChI is InChI=1S/C8H11N2.Rb/c1-8(2,3)7-4-9-6-10-5-7;/h4-5H,1-3H3;/q-1;+1. The van der Waals surface area contributed by atoms with Gasteiger partial charge in [-0.2, -0.15) is 0 Å². The van der Waals surface area contributed by atoms with Gasteiger partial charge in [0.05, 0.1) is 0 Å². The predicted octanol–water partition coefficient (Wildman–Crippen LogP) is -1.42. The maximum atomic E-state index is 3.82. The van der Waals surface area contributed by atoms with E-state index in [1.165, 1.54) is 0 Å². The average Bonchev–Trinajstić information content (AvgIpc) is 1.88. The van der Waals surface area contributed by atoms with Crippen molar-refractivity contribution in [3.63, 3.8) is 0 Å². The molecule has 0 aliphatic rings. The minimum absolute atomic E-state index is 0. The van der Waals surface area contributed by atoms with E-state index in [9.17, 15) is 0 Å². The molecule has 0 saturated heterocycles. The first-order valence-electron chi connectivity index (χ1n) is 3.29. The summed E-state index contributed by atoms with van der Waals surface area (Å²) in [6.07, 6.45) is 6.10. The fraction of sp³-hybridized carbons (Fsp3) is 0.500. The van der Waals surface area contributed by atoms with E-state index in [1.807, 2.05) is 0 Å². The monoisotopic (exact) mass is 220 g/mol. The Morgan fingerprint density at radius 1 is 1.18 bits per heavy atom. The molecule has 0 N–H and O–H groups in total. The van der Waals surface area contributed by atoms with E-state index in [4.69, 9.17) is 0 Å². The third-order valence-corrected chi connectivity index (χ3v) is 1.39. The summed E-state index contributed by atoms with van der Waals surface area (Å²) in [5.74, 6) is 0. The molecule has 0 fully saturated rings. The largest absolute Gasteiger partial charge is 1.00 e. The Morgan fingerprint density at radius 3 is 1.91 bits per heavy atom. The summed E-state index contributed by atoms with van der Waals surface area (Å²) in [5, 5.41) is 0. The summed E-state index contributed by atoms with van der Waals surface area (Å²) in [6, 6.07) is 0.